The SMILES string of the molecule is CCOCCCC(=O)Nc1cc(C)ccc1Br. The number of carbonyl (C=O) groups excluding carboxylic acids is 1. The van der Waals surface area contributed by atoms with Gasteiger partial charge in [-0.1, -0.05) is 6.07 Å². The van der Waals surface area contributed by atoms with E-state index in [1.165, 1.54) is 0 Å². The second-order valence-corrected chi connectivity index (χ2v) is 4.69. The van der Waals surface area contributed by atoms with Crippen molar-refractivity contribution < 1.29 is 9.53 Å². The Morgan fingerprint density at radius 3 is 2.94 bits per heavy atom. The average molecular weight is 300 g/mol. The van der Waals surface area contributed by atoms with E-state index >= 15 is 0 Å². The van der Waals surface area contributed by atoms with Gasteiger partial charge in [-0.05, 0) is 53.9 Å². The molecule has 17 heavy (non-hydrogen) atoms. The number of nitrogens with one attached hydrogen (secondary N) is 1. The summed E-state index contributed by atoms with van der Waals surface area (Å²) in [5.74, 6) is 0.0241. The molecule has 0 aliphatic carbocycles. The van der Waals surface area contributed by atoms with Crippen LogP contribution in [0.3, 0.4) is 0 Å². The first-order valence-corrected chi connectivity index (χ1v) is 6.56. The fourth-order valence-corrected chi connectivity index (χ4v) is 1.77. The van der Waals surface area contributed by atoms with Gasteiger partial charge in [0, 0.05) is 24.1 Å². The van der Waals surface area contributed by atoms with Crippen molar-refractivity contribution in [3.05, 3.63) is 28.2 Å². The number of halogens is 1. The summed E-state index contributed by atoms with van der Waals surface area (Å²) in [4.78, 5) is 11.7. The largest absolute Gasteiger partial charge is 0.382 e. The van der Waals surface area contributed by atoms with Gasteiger partial charge in [-0.3, -0.25) is 4.79 Å². The fourth-order valence-electron chi connectivity index (χ4n) is 1.43. The second kappa shape index (κ2) is 7.45. The Hall–Kier alpha value is -0.870. The first-order chi connectivity index (χ1) is 8.13. The van der Waals surface area contributed by atoms with Crippen molar-refractivity contribution in [1.82, 2.24) is 0 Å². The van der Waals surface area contributed by atoms with Gasteiger partial charge in [0.15, 0.2) is 0 Å². The third kappa shape index (κ3) is 5.33. The highest BCUT2D eigenvalue weighted by Crippen LogP contribution is 2.23. The quantitative estimate of drug-likeness (QED) is 0.816. The molecule has 0 saturated heterocycles. The van der Waals surface area contributed by atoms with Gasteiger partial charge < -0.3 is 10.1 Å². The molecule has 0 unspecified atom stereocenters. The van der Waals surface area contributed by atoms with Crippen LogP contribution in [0, 0.1) is 6.92 Å². The molecule has 0 bridgehead atoms. The van der Waals surface area contributed by atoms with Gasteiger partial charge in [0.25, 0.3) is 0 Å². The normalized spacial score (nSPS) is 10.3. The molecule has 0 fully saturated rings. The molecule has 1 N–H and O–H groups in total. The van der Waals surface area contributed by atoms with Crippen LogP contribution in [0.2, 0.25) is 0 Å². The molecule has 4 heteroatoms. The molecule has 0 heterocycles. The molecule has 1 aromatic rings. The number of hydrogen-bond acceptors (Lipinski definition) is 2. The van der Waals surface area contributed by atoms with Crippen LogP contribution in [0.5, 0.6) is 0 Å². The molecular weight excluding hydrogens is 282 g/mol. The number of ether oxygens (including phenoxy) is 1. The van der Waals surface area contributed by atoms with E-state index in [1.54, 1.807) is 0 Å². The van der Waals surface area contributed by atoms with E-state index in [0.717, 1.165) is 22.1 Å². The Balaban J connectivity index is 2.42. The minimum absolute atomic E-state index is 0.0241. The molecule has 1 aromatic carbocycles. The zero-order chi connectivity index (χ0) is 12.7. The molecule has 0 aliphatic rings. The summed E-state index contributed by atoms with van der Waals surface area (Å²) in [5.41, 5.74) is 1.95. The van der Waals surface area contributed by atoms with Crippen LogP contribution in [-0.2, 0) is 9.53 Å². The second-order valence-electron chi connectivity index (χ2n) is 3.83. The molecule has 0 aliphatic heterocycles. The predicted octanol–water partition coefficient (Wildman–Crippen LogP) is 3.51. The lowest BCUT2D eigenvalue weighted by atomic mass is 10.2. The molecule has 3 nitrogen and oxygen atoms in total. The lowest BCUT2D eigenvalue weighted by molar-refractivity contribution is -0.116. The number of aryl methyl sites for hydroxylation is 1. The van der Waals surface area contributed by atoms with E-state index in [4.69, 9.17) is 4.74 Å². The minimum Gasteiger partial charge on any atom is -0.382 e. The van der Waals surface area contributed by atoms with Crippen LogP contribution in [0.25, 0.3) is 0 Å². The van der Waals surface area contributed by atoms with Crippen molar-refractivity contribution in [2.45, 2.75) is 26.7 Å². The monoisotopic (exact) mass is 299 g/mol. The van der Waals surface area contributed by atoms with E-state index in [-0.39, 0.29) is 5.91 Å². The van der Waals surface area contributed by atoms with Gasteiger partial charge in [-0.15, -0.1) is 0 Å². The molecule has 94 valence electrons. The van der Waals surface area contributed by atoms with Crippen molar-refractivity contribution in [1.29, 1.82) is 0 Å². The van der Waals surface area contributed by atoms with Crippen LogP contribution < -0.4 is 5.32 Å². The Labute approximate surface area is 111 Å². The summed E-state index contributed by atoms with van der Waals surface area (Å²) in [6.45, 7) is 5.28. The Bertz CT molecular complexity index is 380. The van der Waals surface area contributed by atoms with Crippen molar-refractivity contribution in [2.24, 2.45) is 0 Å². The van der Waals surface area contributed by atoms with E-state index in [0.29, 0.717) is 19.6 Å². The Morgan fingerprint density at radius 1 is 1.47 bits per heavy atom. The van der Waals surface area contributed by atoms with Crippen LogP contribution in [0.1, 0.15) is 25.3 Å². The fraction of sp³-hybridized carbons (Fsp3) is 0.462. The minimum atomic E-state index is 0.0241. The maximum Gasteiger partial charge on any atom is 0.224 e. The van der Waals surface area contributed by atoms with E-state index in [9.17, 15) is 4.79 Å². The predicted molar refractivity (Wildman–Crippen MR) is 73.2 cm³/mol. The lowest BCUT2D eigenvalue weighted by Crippen LogP contribution is -2.12. The van der Waals surface area contributed by atoms with Crippen molar-refractivity contribution >= 4 is 27.5 Å². The van der Waals surface area contributed by atoms with Gasteiger partial charge in [0.05, 0.1) is 5.69 Å². The summed E-state index contributed by atoms with van der Waals surface area (Å²) in [7, 11) is 0. The summed E-state index contributed by atoms with van der Waals surface area (Å²) < 4.78 is 6.09. The maximum absolute atomic E-state index is 11.7. The van der Waals surface area contributed by atoms with Crippen LogP contribution in [0.15, 0.2) is 22.7 Å². The van der Waals surface area contributed by atoms with Crippen LogP contribution in [0.4, 0.5) is 5.69 Å². The first-order valence-electron chi connectivity index (χ1n) is 5.77. The molecule has 0 saturated carbocycles. The van der Waals surface area contributed by atoms with E-state index in [2.05, 4.69) is 21.2 Å². The van der Waals surface area contributed by atoms with Gasteiger partial charge >= 0.3 is 0 Å². The highest BCUT2D eigenvalue weighted by Gasteiger charge is 2.05. The lowest BCUT2D eigenvalue weighted by Gasteiger charge is -2.08. The van der Waals surface area contributed by atoms with Gasteiger partial charge in [-0.2, -0.15) is 0 Å². The highest BCUT2D eigenvalue weighted by molar-refractivity contribution is 9.10. The Morgan fingerprint density at radius 2 is 2.24 bits per heavy atom. The number of amides is 1. The smallest absolute Gasteiger partial charge is 0.224 e. The van der Waals surface area contributed by atoms with Crippen molar-refractivity contribution in [2.75, 3.05) is 18.5 Å². The zero-order valence-electron chi connectivity index (χ0n) is 10.3. The zero-order valence-corrected chi connectivity index (χ0v) is 11.8. The number of carbonyl (C=O) groups is 1. The van der Waals surface area contributed by atoms with Gasteiger partial charge in [0.2, 0.25) is 5.91 Å². The van der Waals surface area contributed by atoms with E-state index in [1.807, 2.05) is 32.0 Å². The Kier molecular flexibility index (Phi) is 6.22. The summed E-state index contributed by atoms with van der Waals surface area (Å²) in [6.07, 6.45) is 1.24. The van der Waals surface area contributed by atoms with Crippen molar-refractivity contribution in [3.8, 4) is 0 Å². The van der Waals surface area contributed by atoms with Crippen molar-refractivity contribution in [3.63, 3.8) is 0 Å². The standard InChI is InChI=1S/C13H18BrNO2/c1-3-17-8-4-5-13(16)15-12-9-10(2)6-7-11(12)14/h6-7,9H,3-5,8H2,1-2H3,(H,15,16). The maximum atomic E-state index is 11.7. The molecular formula is C13H18BrNO2. The van der Waals surface area contributed by atoms with Gasteiger partial charge in [0.1, 0.15) is 0 Å². The average Bonchev–Trinajstić information content (AvgIpc) is 2.29. The molecule has 1 amide bonds. The number of anilines is 1. The first kappa shape index (κ1) is 14.2. The topological polar surface area (TPSA) is 38.3 Å². The molecule has 1 rings (SSSR count). The third-order valence-electron chi connectivity index (χ3n) is 2.29. The number of hydrogen-bond donors (Lipinski definition) is 1. The molecule has 0 aromatic heterocycles. The molecule has 0 spiro atoms. The summed E-state index contributed by atoms with van der Waals surface area (Å²) >= 11 is 3.41. The summed E-state index contributed by atoms with van der Waals surface area (Å²) in [5, 5.41) is 2.89. The highest BCUT2D eigenvalue weighted by atomic mass is 79.9. The van der Waals surface area contributed by atoms with Crippen LogP contribution in [-0.4, -0.2) is 19.1 Å². The van der Waals surface area contributed by atoms with E-state index < -0.39 is 0 Å². The summed E-state index contributed by atoms with van der Waals surface area (Å²) in [6, 6.07) is 5.88. The number of rotatable bonds is 6. The molecule has 0 atom stereocenters. The third-order valence-corrected chi connectivity index (χ3v) is 2.98. The number of benzene rings is 1. The van der Waals surface area contributed by atoms with Gasteiger partial charge in [-0.25, -0.2) is 0 Å². The molecule has 0 radical (unpaired) electrons. The van der Waals surface area contributed by atoms with Crippen LogP contribution >= 0.6 is 15.9 Å².